The van der Waals surface area contributed by atoms with Gasteiger partial charge in [0.15, 0.2) is 5.65 Å². The third kappa shape index (κ3) is 5.91. The number of nitrogens with one attached hydrogen (secondary N) is 2. The van der Waals surface area contributed by atoms with Gasteiger partial charge in [-0.15, -0.1) is 0 Å². The molecule has 6 aliphatic rings. The van der Waals surface area contributed by atoms with Crippen molar-refractivity contribution in [1.82, 2.24) is 39.5 Å². The van der Waals surface area contributed by atoms with Crippen LogP contribution in [0.15, 0.2) is 61.2 Å². The number of ether oxygens (including phenoxy) is 1. The predicted molar refractivity (Wildman–Crippen MR) is 210 cm³/mol. The van der Waals surface area contributed by atoms with Crippen LogP contribution in [0, 0.1) is 11.3 Å². The van der Waals surface area contributed by atoms with Crippen LogP contribution in [0.25, 0.3) is 16.6 Å². The Bertz CT molecular complexity index is 2560. The second-order valence-corrected chi connectivity index (χ2v) is 17.1. The first-order valence-corrected chi connectivity index (χ1v) is 20.3. The number of anilines is 2. The van der Waals surface area contributed by atoms with Gasteiger partial charge in [0.1, 0.15) is 17.4 Å². The first-order chi connectivity index (χ1) is 28.2. The van der Waals surface area contributed by atoms with Gasteiger partial charge < -0.3 is 15.0 Å². The molecule has 5 amide bonds. The number of aromatic nitrogens is 5. The molecule has 5 fully saturated rings. The summed E-state index contributed by atoms with van der Waals surface area (Å²) in [5, 5.41) is 15.5. The van der Waals surface area contributed by atoms with Crippen molar-refractivity contribution in [1.29, 1.82) is 0 Å². The van der Waals surface area contributed by atoms with Crippen LogP contribution in [-0.2, 0) is 9.59 Å². The van der Waals surface area contributed by atoms with Gasteiger partial charge in [-0.3, -0.25) is 43.8 Å². The average molecular weight is 783 g/mol. The second kappa shape index (κ2) is 13.2. The molecular weight excluding hydrogens is 741 g/mol. The second-order valence-electron chi connectivity index (χ2n) is 17.1. The van der Waals surface area contributed by atoms with Crippen LogP contribution in [0.1, 0.15) is 88.5 Å². The number of imide groups is 2. The normalized spacial score (nSPS) is 24.2. The molecule has 1 unspecified atom stereocenters. The van der Waals surface area contributed by atoms with Gasteiger partial charge in [0, 0.05) is 79.8 Å². The highest BCUT2D eigenvalue weighted by atomic mass is 16.5. The van der Waals surface area contributed by atoms with Crippen LogP contribution >= 0.6 is 0 Å². The van der Waals surface area contributed by atoms with Crippen LogP contribution < -0.4 is 20.3 Å². The molecule has 296 valence electrons. The zero-order chi connectivity index (χ0) is 39.3. The van der Waals surface area contributed by atoms with E-state index in [4.69, 9.17) is 9.84 Å². The number of hydrogen-bond donors (Lipinski definition) is 2. The Balaban J connectivity index is 0.709. The van der Waals surface area contributed by atoms with Crippen LogP contribution in [0.3, 0.4) is 0 Å². The zero-order valence-electron chi connectivity index (χ0n) is 31.8. The molecule has 1 atom stereocenters. The Morgan fingerprint density at radius 1 is 0.914 bits per heavy atom. The largest absolute Gasteiger partial charge is 0.491 e. The summed E-state index contributed by atoms with van der Waals surface area (Å²) >= 11 is 0. The monoisotopic (exact) mass is 782 g/mol. The fraction of sp³-hybridized carbons (Fsp3) is 0.429. The average Bonchev–Trinajstić information content (AvgIpc) is 3.68. The van der Waals surface area contributed by atoms with Crippen LogP contribution in [-0.4, -0.2) is 109 Å². The molecule has 2 aliphatic carbocycles. The SMILES string of the molecule is O=C1CCC(N2C(=O)c3ccc(N4CC5(C4)CN(C4CCC(n6cc7cc(NC(=O)c8cnn9cccnc89)c(OCC8CC8)cc7n6)CC4)C5)cc3C2=O)C(=O)N1. The van der Waals surface area contributed by atoms with Gasteiger partial charge >= 0.3 is 0 Å². The Kier molecular flexibility index (Phi) is 7.97. The number of carbonyl (C=O) groups is 5. The summed E-state index contributed by atoms with van der Waals surface area (Å²) in [6.45, 7) is 4.47. The molecule has 7 heterocycles. The number of amides is 5. The highest BCUT2D eigenvalue weighted by molar-refractivity contribution is 6.23. The van der Waals surface area contributed by atoms with Gasteiger partial charge in [-0.1, -0.05) is 0 Å². The van der Waals surface area contributed by atoms with E-state index in [0.29, 0.717) is 52.3 Å². The minimum atomic E-state index is -0.969. The fourth-order valence-electron chi connectivity index (χ4n) is 9.71. The highest BCUT2D eigenvalue weighted by Crippen LogP contribution is 2.46. The summed E-state index contributed by atoms with van der Waals surface area (Å²) < 4.78 is 9.94. The van der Waals surface area contributed by atoms with E-state index < -0.39 is 23.8 Å². The Morgan fingerprint density at radius 3 is 2.50 bits per heavy atom. The number of fused-ring (bicyclic) bond motifs is 3. The lowest BCUT2D eigenvalue weighted by Crippen LogP contribution is -2.73. The number of carbonyl (C=O) groups excluding carboxylic acids is 5. The fourth-order valence-corrected chi connectivity index (χ4v) is 9.71. The number of benzene rings is 2. The minimum Gasteiger partial charge on any atom is -0.491 e. The summed E-state index contributed by atoms with van der Waals surface area (Å²) in [6, 6.07) is 10.9. The van der Waals surface area contributed by atoms with E-state index in [1.54, 1.807) is 35.1 Å². The molecule has 3 aromatic heterocycles. The molecule has 0 bridgehead atoms. The summed E-state index contributed by atoms with van der Waals surface area (Å²) in [4.78, 5) is 74.3. The zero-order valence-corrected chi connectivity index (χ0v) is 31.8. The summed E-state index contributed by atoms with van der Waals surface area (Å²) in [5.74, 6) is -1.09. The van der Waals surface area contributed by atoms with Crippen molar-refractivity contribution in [3.05, 3.63) is 77.9 Å². The van der Waals surface area contributed by atoms with Gasteiger partial charge in [-0.2, -0.15) is 10.2 Å². The van der Waals surface area contributed by atoms with E-state index in [1.165, 1.54) is 6.20 Å². The number of piperidine rings is 1. The van der Waals surface area contributed by atoms with E-state index in [0.717, 1.165) is 86.2 Å². The summed E-state index contributed by atoms with van der Waals surface area (Å²) in [7, 11) is 0. The van der Waals surface area contributed by atoms with E-state index in [9.17, 15) is 24.0 Å². The van der Waals surface area contributed by atoms with Gasteiger partial charge in [-0.05, 0) is 81.2 Å². The maximum atomic E-state index is 13.4. The third-order valence-corrected chi connectivity index (χ3v) is 13.0. The molecule has 11 rings (SSSR count). The van der Waals surface area contributed by atoms with Crippen molar-refractivity contribution in [3.8, 4) is 5.75 Å². The number of likely N-dealkylation sites (tertiary alicyclic amines) is 1. The molecular formula is C42H42N10O6. The van der Waals surface area contributed by atoms with E-state index >= 15 is 0 Å². The standard InChI is InChI=1S/C42H42N10O6/c53-36-11-10-34(39(55)46-36)52-40(56)29-9-8-28(15-30(29)41(52)57)49-22-42(23-49)20-48(21-42)26-4-6-27(7-5-26)51-18-25-14-33(35(16-32(25)47-51)58-19-24-2-3-24)45-38(54)31-17-44-50-13-1-12-43-37(31)50/h1,8-9,12-18,24,26-27,34H,2-7,10-11,19-23H2,(H,45,54)(H,46,53,55). The van der Waals surface area contributed by atoms with Gasteiger partial charge in [0.2, 0.25) is 11.8 Å². The summed E-state index contributed by atoms with van der Waals surface area (Å²) in [5.41, 5.74) is 4.08. The van der Waals surface area contributed by atoms with Crippen LogP contribution in [0.5, 0.6) is 5.75 Å². The topological polar surface area (TPSA) is 176 Å². The van der Waals surface area contributed by atoms with E-state index in [-0.39, 0.29) is 36.1 Å². The van der Waals surface area contributed by atoms with Crippen molar-refractivity contribution in [2.75, 3.05) is 43.0 Å². The van der Waals surface area contributed by atoms with Gasteiger partial charge in [-0.25, -0.2) is 9.50 Å². The lowest BCUT2D eigenvalue weighted by atomic mass is 9.71. The third-order valence-electron chi connectivity index (χ3n) is 13.0. The van der Waals surface area contributed by atoms with Crippen molar-refractivity contribution in [3.63, 3.8) is 0 Å². The van der Waals surface area contributed by atoms with Gasteiger partial charge in [0.25, 0.3) is 17.7 Å². The molecule has 0 radical (unpaired) electrons. The lowest BCUT2D eigenvalue weighted by molar-refractivity contribution is -0.136. The molecule has 3 saturated heterocycles. The maximum absolute atomic E-state index is 13.4. The first kappa shape index (κ1) is 35.0. The van der Waals surface area contributed by atoms with Gasteiger partial charge in [0.05, 0.1) is 41.2 Å². The number of rotatable bonds is 9. The van der Waals surface area contributed by atoms with E-state index in [2.05, 4.69) is 41.4 Å². The first-order valence-electron chi connectivity index (χ1n) is 20.3. The lowest BCUT2D eigenvalue weighted by Gasteiger charge is -2.63. The highest BCUT2D eigenvalue weighted by Gasteiger charge is 2.54. The molecule has 58 heavy (non-hydrogen) atoms. The summed E-state index contributed by atoms with van der Waals surface area (Å²) in [6.07, 6.45) is 13.8. The maximum Gasteiger partial charge on any atom is 0.262 e. The molecule has 1 spiro atoms. The Labute approximate surface area is 332 Å². The van der Waals surface area contributed by atoms with Crippen molar-refractivity contribution < 1.29 is 28.7 Å². The minimum absolute atomic E-state index is 0.0951. The number of nitrogens with zero attached hydrogens (tertiary/aromatic N) is 8. The molecule has 5 aromatic rings. The Morgan fingerprint density at radius 2 is 1.71 bits per heavy atom. The molecule has 2 saturated carbocycles. The van der Waals surface area contributed by atoms with Crippen molar-refractivity contribution in [2.24, 2.45) is 11.3 Å². The van der Waals surface area contributed by atoms with Crippen LogP contribution in [0.2, 0.25) is 0 Å². The van der Waals surface area contributed by atoms with Crippen LogP contribution in [0.4, 0.5) is 11.4 Å². The molecule has 2 aromatic carbocycles. The molecule has 2 N–H and O–H groups in total. The Hall–Kier alpha value is -6.16. The number of hydrogen-bond acceptors (Lipinski definition) is 11. The smallest absolute Gasteiger partial charge is 0.262 e. The van der Waals surface area contributed by atoms with Crippen molar-refractivity contribution >= 4 is 57.5 Å². The van der Waals surface area contributed by atoms with E-state index in [1.807, 2.05) is 18.2 Å². The molecule has 4 aliphatic heterocycles. The quantitative estimate of drug-likeness (QED) is 0.208. The molecule has 16 heteroatoms. The molecule has 16 nitrogen and oxygen atoms in total. The van der Waals surface area contributed by atoms with Crippen molar-refractivity contribution in [2.45, 2.75) is 69.5 Å². The predicted octanol–water partition coefficient (Wildman–Crippen LogP) is 3.83.